The van der Waals surface area contributed by atoms with Gasteiger partial charge in [0.05, 0.1) is 6.10 Å². The van der Waals surface area contributed by atoms with Gasteiger partial charge in [0, 0.05) is 32.7 Å². The van der Waals surface area contributed by atoms with E-state index in [-0.39, 0.29) is 6.09 Å². The van der Waals surface area contributed by atoms with Crippen LogP contribution in [0.5, 0.6) is 0 Å². The smallest absolute Gasteiger partial charge is 0.410 e. The van der Waals surface area contributed by atoms with Gasteiger partial charge in [-0.2, -0.15) is 0 Å². The largest absolute Gasteiger partial charge is 0.444 e. The first-order chi connectivity index (χ1) is 10.7. The van der Waals surface area contributed by atoms with Gasteiger partial charge in [0.25, 0.3) is 0 Å². The minimum Gasteiger partial charge on any atom is -0.444 e. The fraction of sp³-hybridized carbons (Fsp3) is 0.611. The Morgan fingerprint density at radius 1 is 1.26 bits per heavy atom. The molecule has 1 amide bonds. The van der Waals surface area contributed by atoms with Crippen molar-refractivity contribution in [1.29, 1.82) is 0 Å². The third kappa shape index (κ3) is 5.52. The molecule has 1 atom stereocenters. The molecule has 1 aromatic rings. The zero-order valence-electron chi connectivity index (χ0n) is 14.6. The number of carbonyl (C=O) groups is 1. The summed E-state index contributed by atoms with van der Waals surface area (Å²) >= 11 is 0. The van der Waals surface area contributed by atoms with E-state index in [4.69, 9.17) is 4.74 Å². The minimum absolute atomic E-state index is 0.228. The van der Waals surface area contributed by atoms with Crippen molar-refractivity contribution in [3.63, 3.8) is 0 Å². The number of piperazine rings is 1. The van der Waals surface area contributed by atoms with Crippen molar-refractivity contribution in [3.05, 3.63) is 35.4 Å². The van der Waals surface area contributed by atoms with Gasteiger partial charge in [0.15, 0.2) is 0 Å². The van der Waals surface area contributed by atoms with Crippen LogP contribution in [-0.2, 0) is 11.3 Å². The lowest BCUT2D eigenvalue weighted by Crippen LogP contribution is -2.49. The van der Waals surface area contributed by atoms with Gasteiger partial charge in [-0.05, 0) is 38.8 Å². The predicted octanol–water partition coefficient (Wildman–Crippen LogP) is 2.79. The second-order valence-corrected chi connectivity index (χ2v) is 7.16. The molecule has 0 aromatic heterocycles. The van der Waals surface area contributed by atoms with Gasteiger partial charge in [0.2, 0.25) is 0 Å². The topological polar surface area (TPSA) is 53.0 Å². The molecule has 0 radical (unpaired) electrons. The Kier molecular flexibility index (Phi) is 5.65. The first kappa shape index (κ1) is 17.8. The van der Waals surface area contributed by atoms with E-state index in [0.717, 1.165) is 25.2 Å². The number of aliphatic hydroxyl groups excluding tert-OH is 1. The van der Waals surface area contributed by atoms with E-state index >= 15 is 0 Å². The van der Waals surface area contributed by atoms with Gasteiger partial charge >= 0.3 is 6.09 Å². The van der Waals surface area contributed by atoms with Gasteiger partial charge < -0.3 is 14.7 Å². The Morgan fingerprint density at radius 2 is 1.91 bits per heavy atom. The van der Waals surface area contributed by atoms with Gasteiger partial charge in [-0.3, -0.25) is 4.90 Å². The number of amides is 1. The molecule has 1 fully saturated rings. The van der Waals surface area contributed by atoms with E-state index in [9.17, 15) is 9.90 Å². The van der Waals surface area contributed by atoms with Crippen LogP contribution in [0.4, 0.5) is 4.79 Å². The van der Waals surface area contributed by atoms with Crippen molar-refractivity contribution < 1.29 is 14.6 Å². The maximum atomic E-state index is 12.1. The molecule has 1 saturated heterocycles. The molecule has 23 heavy (non-hydrogen) atoms. The lowest BCUT2D eigenvalue weighted by molar-refractivity contribution is 0.0139. The molecular weight excluding hydrogens is 292 g/mol. The maximum absolute atomic E-state index is 12.1. The molecular formula is C18H28N2O3. The van der Waals surface area contributed by atoms with Crippen LogP contribution in [0.2, 0.25) is 0 Å². The highest BCUT2D eigenvalue weighted by Crippen LogP contribution is 2.17. The number of rotatable bonds is 3. The first-order valence-corrected chi connectivity index (χ1v) is 8.22. The van der Waals surface area contributed by atoms with E-state index in [1.54, 1.807) is 11.8 Å². The van der Waals surface area contributed by atoms with Crippen LogP contribution >= 0.6 is 0 Å². The summed E-state index contributed by atoms with van der Waals surface area (Å²) in [6, 6.07) is 8.04. The Morgan fingerprint density at radius 3 is 2.48 bits per heavy atom. The number of benzene rings is 1. The zero-order chi connectivity index (χ0) is 17.0. The fourth-order valence-electron chi connectivity index (χ4n) is 2.62. The summed E-state index contributed by atoms with van der Waals surface area (Å²) in [5.74, 6) is 0. The van der Waals surface area contributed by atoms with Crippen molar-refractivity contribution in [1.82, 2.24) is 9.80 Å². The summed E-state index contributed by atoms with van der Waals surface area (Å²) < 4.78 is 5.41. The average molecular weight is 320 g/mol. The number of carbonyl (C=O) groups excluding carboxylic acids is 1. The summed E-state index contributed by atoms with van der Waals surface area (Å²) in [5.41, 5.74) is 1.68. The van der Waals surface area contributed by atoms with E-state index in [2.05, 4.69) is 11.0 Å². The molecule has 1 aliphatic rings. The molecule has 2 rings (SSSR count). The van der Waals surface area contributed by atoms with Crippen LogP contribution < -0.4 is 0 Å². The predicted molar refractivity (Wildman–Crippen MR) is 90.2 cm³/mol. The van der Waals surface area contributed by atoms with E-state index in [0.29, 0.717) is 13.1 Å². The Hall–Kier alpha value is -1.59. The molecule has 0 saturated carbocycles. The lowest BCUT2D eigenvalue weighted by Gasteiger charge is -2.35. The van der Waals surface area contributed by atoms with Crippen molar-refractivity contribution in [2.24, 2.45) is 0 Å². The zero-order valence-corrected chi connectivity index (χ0v) is 14.6. The summed E-state index contributed by atoms with van der Waals surface area (Å²) in [6.45, 7) is 11.3. The third-order valence-corrected chi connectivity index (χ3v) is 3.86. The van der Waals surface area contributed by atoms with Gasteiger partial charge in [0.1, 0.15) is 5.60 Å². The minimum atomic E-state index is -0.449. The van der Waals surface area contributed by atoms with Crippen LogP contribution in [0.1, 0.15) is 44.9 Å². The highest BCUT2D eigenvalue weighted by atomic mass is 16.6. The fourth-order valence-corrected chi connectivity index (χ4v) is 2.62. The van der Waals surface area contributed by atoms with Crippen molar-refractivity contribution in [3.8, 4) is 0 Å². The Bertz CT molecular complexity index is 529. The van der Waals surface area contributed by atoms with E-state index in [1.165, 1.54) is 5.56 Å². The number of hydrogen-bond acceptors (Lipinski definition) is 4. The molecule has 0 unspecified atom stereocenters. The monoisotopic (exact) mass is 320 g/mol. The SMILES string of the molecule is C[C@H](O)c1cccc(CN2CCN(C(=O)OC(C)(C)C)CC2)c1. The maximum Gasteiger partial charge on any atom is 0.410 e. The molecule has 128 valence electrons. The Labute approximate surface area is 138 Å². The summed E-state index contributed by atoms with van der Waals surface area (Å²) in [5, 5.41) is 9.67. The standard InChI is InChI=1S/C18H28N2O3/c1-14(21)16-7-5-6-15(12-16)13-19-8-10-20(11-9-19)17(22)23-18(2,3)4/h5-7,12,14,21H,8-11,13H2,1-4H3/t14-/m0/s1. The van der Waals surface area contributed by atoms with E-state index < -0.39 is 11.7 Å². The quantitative estimate of drug-likeness (QED) is 0.930. The van der Waals surface area contributed by atoms with Crippen LogP contribution in [0.15, 0.2) is 24.3 Å². The molecule has 0 bridgehead atoms. The molecule has 1 aliphatic heterocycles. The molecule has 0 aliphatic carbocycles. The van der Waals surface area contributed by atoms with Gasteiger partial charge in [-0.25, -0.2) is 4.79 Å². The molecule has 5 nitrogen and oxygen atoms in total. The van der Waals surface area contributed by atoms with Gasteiger partial charge in [-0.15, -0.1) is 0 Å². The van der Waals surface area contributed by atoms with Crippen molar-refractivity contribution in [2.45, 2.75) is 45.9 Å². The first-order valence-electron chi connectivity index (χ1n) is 8.22. The second kappa shape index (κ2) is 7.32. The van der Waals surface area contributed by atoms with Crippen molar-refractivity contribution in [2.75, 3.05) is 26.2 Å². The third-order valence-electron chi connectivity index (χ3n) is 3.86. The second-order valence-electron chi connectivity index (χ2n) is 7.16. The number of nitrogens with zero attached hydrogens (tertiary/aromatic N) is 2. The van der Waals surface area contributed by atoms with Crippen LogP contribution in [-0.4, -0.2) is 52.8 Å². The molecule has 1 N–H and O–H groups in total. The highest BCUT2D eigenvalue weighted by Gasteiger charge is 2.25. The normalized spacial score (nSPS) is 17.9. The summed E-state index contributed by atoms with van der Waals surface area (Å²) in [7, 11) is 0. The molecule has 1 heterocycles. The van der Waals surface area contributed by atoms with Gasteiger partial charge in [-0.1, -0.05) is 24.3 Å². The van der Waals surface area contributed by atoms with Crippen LogP contribution in [0, 0.1) is 0 Å². The average Bonchev–Trinajstić information content (AvgIpc) is 2.46. The summed E-state index contributed by atoms with van der Waals surface area (Å²) in [4.78, 5) is 16.1. The number of aliphatic hydroxyl groups is 1. The van der Waals surface area contributed by atoms with Crippen LogP contribution in [0.3, 0.4) is 0 Å². The van der Waals surface area contributed by atoms with Crippen LogP contribution in [0.25, 0.3) is 0 Å². The van der Waals surface area contributed by atoms with Crippen molar-refractivity contribution >= 4 is 6.09 Å². The number of hydrogen-bond donors (Lipinski definition) is 1. The lowest BCUT2D eigenvalue weighted by atomic mass is 10.1. The molecule has 0 spiro atoms. The van der Waals surface area contributed by atoms with E-state index in [1.807, 2.05) is 39.0 Å². The molecule has 1 aromatic carbocycles. The summed E-state index contributed by atoms with van der Waals surface area (Å²) in [6.07, 6.45) is -0.674. The molecule has 5 heteroatoms. The Balaban J connectivity index is 1.85. The highest BCUT2D eigenvalue weighted by molar-refractivity contribution is 5.68. The number of ether oxygens (including phenoxy) is 1.